The number of pyridine rings is 1. The summed E-state index contributed by atoms with van der Waals surface area (Å²) >= 11 is 0. The predicted octanol–water partition coefficient (Wildman–Crippen LogP) is 3.46. The number of nitrogens with one attached hydrogen (secondary N) is 1. The van der Waals surface area contributed by atoms with Crippen LogP contribution in [0.4, 0.5) is 0 Å². The highest BCUT2D eigenvalue weighted by Gasteiger charge is 2.33. The minimum Gasteiger partial charge on any atom is -0.493 e. The van der Waals surface area contributed by atoms with Crippen molar-refractivity contribution >= 4 is 26.8 Å². The molecule has 5 rings (SSSR count). The van der Waals surface area contributed by atoms with E-state index in [1.54, 1.807) is 31.0 Å². The monoisotopic (exact) mass is 498 g/mol. The second kappa shape index (κ2) is 9.14. The molecule has 1 aromatic carbocycles. The summed E-state index contributed by atoms with van der Waals surface area (Å²) in [6.07, 6.45) is 4.65. The molecule has 35 heavy (non-hydrogen) atoms. The van der Waals surface area contributed by atoms with Crippen molar-refractivity contribution in [1.29, 1.82) is 0 Å². The number of aryl methyl sites for hydroxylation is 1. The number of methoxy groups -OCH3 is 2. The van der Waals surface area contributed by atoms with Crippen molar-refractivity contribution in [2.45, 2.75) is 51.1 Å². The Labute approximate surface area is 204 Å². The first-order valence-corrected chi connectivity index (χ1v) is 13.8. The van der Waals surface area contributed by atoms with Gasteiger partial charge in [0.15, 0.2) is 27.0 Å². The van der Waals surface area contributed by atoms with E-state index in [0.29, 0.717) is 45.9 Å². The first-order valence-electron chi connectivity index (χ1n) is 11.9. The summed E-state index contributed by atoms with van der Waals surface area (Å²) in [6, 6.07) is 7.12. The molecule has 3 heterocycles. The van der Waals surface area contributed by atoms with Gasteiger partial charge in [0, 0.05) is 11.6 Å². The van der Waals surface area contributed by atoms with Gasteiger partial charge in [-0.25, -0.2) is 18.1 Å². The number of carbonyl (C=O) groups is 1. The Kier molecular flexibility index (Phi) is 6.16. The number of hydrogen-bond donors (Lipinski definition) is 1. The number of nitrogens with zero attached hydrogens (tertiary/aromatic N) is 3. The lowest BCUT2D eigenvalue weighted by Gasteiger charge is -2.15. The lowest BCUT2D eigenvalue weighted by molar-refractivity contribution is 0.0939. The van der Waals surface area contributed by atoms with Gasteiger partial charge in [-0.05, 0) is 50.5 Å². The average Bonchev–Trinajstić information content (AvgIpc) is 3.57. The van der Waals surface area contributed by atoms with E-state index in [2.05, 4.69) is 10.4 Å². The van der Waals surface area contributed by atoms with Crippen LogP contribution < -0.4 is 14.8 Å². The second-order valence-electron chi connectivity index (χ2n) is 9.37. The zero-order valence-electron chi connectivity index (χ0n) is 20.2. The summed E-state index contributed by atoms with van der Waals surface area (Å²) < 4.78 is 36.9. The molecule has 2 aliphatic rings. The first kappa shape index (κ1) is 23.6. The molecule has 186 valence electrons. The molecule has 1 saturated heterocycles. The molecular weight excluding hydrogens is 468 g/mol. The standard InChI is InChI=1S/C25H30N4O5S/c1-15-23-19(25(30)26-17-6-4-5-7-17)13-20(16-8-9-21(33-2)22(12-16)34-3)27-24(23)29(28-15)18-10-11-35(31,32)14-18/h8-9,12-13,17-18H,4-7,10-11,14H2,1-3H3,(H,26,30). The van der Waals surface area contributed by atoms with E-state index < -0.39 is 9.84 Å². The second-order valence-corrected chi connectivity index (χ2v) is 11.6. The molecular formula is C25H30N4O5S. The molecule has 3 aromatic rings. The minimum absolute atomic E-state index is 0.0229. The van der Waals surface area contributed by atoms with E-state index in [1.165, 1.54) is 0 Å². The Bertz CT molecular complexity index is 1390. The Balaban J connectivity index is 1.67. The topological polar surface area (TPSA) is 112 Å². The minimum atomic E-state index is -3.12. The van der Waals surface area contributed by atoms with E-state index in [1.807, 2.05) is 19.1 Å². The molecule has 1 unspecified atom stereocenters. The maximum absolute atomic E-state index is 13.5. The molecule has 1 atom stereocenters. The van der Waals surface area contributed by atoms with Gasteiger partial charge in [-0.15, -0.1) is 0 Å². The van der Waals surface area contributed by atoms with Crippen molar-refractivity contribution in [3.05, 3.63) is 35.5 Å². The fraction of sp³-hybridized carbons (Fsp3) is 0.480. The first-order chi connectivity index (χ1) is 16.8. The number of sulfone groups is 1. The van der Waals surface area contributed by atoms with Crippen molar-refractivity contribution < 1.29 is 22.7 Å². The lowest BCUT2D eigenvalue weighted by Crippen LogP contribution is -2.32. The van der Waals surface area contributed by atoms with Crippen LogP contribution in [0.5, 0.6) is 11.5 Å². The lowest BCUT2D eigenvalue weighted by atomic mass is 10.0. The number of amides is 1. The van der Waals surface area contributed by atoms with Crippen LogP contribution in [0.2, 0.25) is 0 Å². The van der Waals surface area contributed by atoms with Crippen LogP contribution in [-0.4, -0.2) is 60.9 Å². The molecule has 1 N–H and O–H groups in total. The molecule has 10 heteroatoms. The highest BCUT2D eigenvalue weighted by atomic mass is 32.2. The van der Waals surface area contributed by atoms with E-state index in [4.69, 9.17) is 14.5 Å². The summed E-state index contributed by atoms with van der Waals surface area (Å²) in [5.74, 6) is 1.13. The van der Waals surface area contributed by atoms with Crippen LogP contribution in [0, 0.1) is 6.92 Å². The predicted molar refractivity (Wildman–Crippen MR) is 133 cm³/mol. The summed E-state index contributed by atoms with van der Waals surface area (Å²) in [6.45, 7) is 1.84. The fourth-order valence-corrected chi connectivity index (χ4v) is 6.88. The largest absolute Gasteiger partial charge is 0.493 e. The van der Waals surface area contributed by atoms with Crippen molar-refractivity contribution in [3.8, 4) is 22.8 Å². The Morgan fingerprint density at radius 1 is 1.09 bits per heavy atom. The summed E-state index contributed by atoms with van der Waals surface area (Å²) in [5, 5.41) is 8.52. The molecule has 0 spiro atoms. The van der Waals surface area contributed by atoms with Gasteiger partial charge < -0.3 is 14.8 Å². The van der Waals surface area contributed by atoms with Gasteiger partial charge >= 0.3 is 0 Å². The summed E-state index contributed by atoms with van der Waals surface area (Å²) in [5.41, 5.74) is 3.01. The highest BCUT2D eigenvalue weighted by molar-refractivity contribution is 7.91. The number of hydrogen-bond acceptors (Lipinski definition) is 7. The van der Waals surface area contributed by atoms with Crippen molar-refractivity contribution in [3.63, 3.8) is 0 Å². The molecule has 2 fully saturated rings. The van der Waals surface area contributed by atoms with Crippen molar-refractivity contribution in [1.82, 2.24) is 20.1 Å². The summed E-state index contributed by atoms with van der Waals surface area (Å²) in [7, 11) is 0.0183. The van der Waals surface area contributed by atoms with Crippen LogP contribution in [0.1, 0.15) is 54.2 Å². The smallest absolute Gasteiger partial charge is 0.252 e. The maximum atomic E-state index is 13.5. The van der Waals surface area contributed by atoms with E-state index in [-0.39, 0.29) is 29.5 Å². The van der Waals surface area contributed by atoms with Crippen LogP contribution in [-0.2, 0) is 9.84 Å². The Morgan fingerprint density at radius 2 is 1.83 bits per heavy atom. The third kappa shape index (κ3) is 4.47. The van der Waals surface area contributed by atoms with Crippen LogP contribution in [0.15, 0.2) is 24.3 Å². The Morgan fingerprint density at radius 3 is 2.49 bits per heavy atom. The van der Waals surface area contributed by atoms with Gasteiger partial charge in [-0.3, -0.25) is 4.79 Å². The van der Waals surface area contributed by atoms with E-state index in [9.17, 15) is 13.2 Å². The zero-order chi connectivity index (χ0) is 24.7. The summed E-state index contributed by atoms with van der Waals surface area (Å²) in [4.78, 5) is 18.4. The molecule has 2 aromatic heterocycles. The van der Waals surface area contributed by atoms with Gasteiger partial charge in [-0.2, -0.15) is 5.10 Å². The number of benzene rings is 1. The number of ether oxygens (including phenoxy) is 2. The average molecular weight is 499 g/mol. The van der Waals surface area contributed by atoms with Gasteiger partial charge in [0.05, 0.1) is 54.1 Å². The van der Waals surface area contributed by atoms with Gasteiger partial charge in [0.2, 0.25) is 0 Å². The number of carbonyl (C=O) groups excluding carboxylic acids is 1. The van der Waals surface area contributed by atoms with Crippen LogP contribution in [0.3, 0.4) is 0 Å². The third-order valence-corrected chi connectivity index (χ3v) is 8.76. The van der Waals surface area contributed by atoms with E-state index >= 15 is 0 Å². The maximum Gasteiger partial charge on any atom is 0.252 e. The molecule has 0 radical (unpaired) electrons. The molecule has 1 aliphatic carbocycles. The van der Waals surface area contributed by atoms with Crippen molar-refractivity contribution in [2.24, 2.45) is 0 Å². The normalized spacial score (nSPS) is 19.8. The highest BCUT2D eigenvalue weighted by Crippen LogP contribution is 2.35. The Hall–Kier alpha value is -3.14. The van der Waals surface area contributed by atoms with Crippen molar-refractivity contribution in [2.75, 3.05) is 25.7 Å². The molecule has 1 saturated carbocycles. The molecule has 1 aliphatic heterocycles. The fourth-order valence-electron chi connectivity index (χ4n) is 5.19. The third-order valence-electron chi connectivity index (χ3n) is 7.01. The zero-order valence-corrected chi connectivity index (χ0v) is 21.0. The number of aromatic nitrogens is 3. The molecule has 1 amide bonds. The number of fused-ring (bicyclic) bond motifs is 1. The van der Waals surface area contributed by atoms with Gasteiger partial charge in [-0.1, -0.05) is 12.8 Å². The SMILES string of the molecule is COc1ccc(-c2cc(C(=O)NC3CCCC3)c3c(C)nn(C4CCS(=O)(=O)C4)c3n2)cc1OC. The number of rotatable bonds is 6. The molecule has 9 nitrogen and oxygen atoms in total. The quantitative estimate of drug-likeness (QED) is 0.554. The van der Waals surface area contributed by atoms with Crippen LogP contribution >= 0.6 is 0 Å². The van der Waals surface area contributed by atoms with Gasteiger partial charge in [0.25, 0.3) is 5.91 Å². The van der Waals surface area contributed by atoms with Crippen LogP contribution in [0.25, 0.3) is 22.3 Å². The van der Waals surface area contributed by atoms with E-state index in [0.717, 1.165) is 31.2 Å². The van der Waals surface area contributed by atoms with Gasteiger partial charge in [0.1, 0.15) is 0 Å². The molecule has 0 bridgehead atoms.